The van der Waals surface area contributed by atoms with Crippen molar-refractivity contribution in [3.05, 3.63) is 35.4 Å². The van der Waals surface area contributed by atoms with Gasteiger partial charge in [-0.05, 0) is 18.6 Å². The minimum absolute atomic E-state index is 0.0576. The molecule has 18 heavy (non-hydrogen) atoms. The van der Waals surface area contributed by atoms with Crippen molar-refractivity contribution >= 4 is 11.7 Å². The van der Waals surface area contributed by atoms with Crippen LogP contribution in [0.25, 0.3) is 0 Å². The maximum Gasteiger partial charge on any atom is 0.416 e. The van der Waals surface area contributed by atoms with E-state index < -0.39 is 11.7 Å². The number of hydrogen-bond donors (Lipinski definition) is 2. The van der Waals surface area contributed by atoms with E-state index >= 15 is 0 Å². The molecule has 0 heterocycles. The molecule has 1 aromatic carbocycles. The van der Waals surface area contributed by atoms with Gasteiger partial charge in [0.25, 0.3) is 0 Å². The molecule has 0 bridgehead atoms. The van der Waals surface area contributed by atoms with Crippen molar-refractivity contribution < 1.29 is 13.2 Å². The maximum atomic E-state index is 12.3. The third kappa shape index (κ3) is 3.87. The number of aliphatic imine (C=N–C) groups is 1. The highest BCUT2D eigenvalue weighted by molar-refractivity contribution is 6.04. The first-order valence-electron chi connectivity index (χ1n) is 5.43. The molecule has 0 saturated heterocycles. The summed E-state index contributed by atoms with van der Waals surface area (Å²) in [5, 5.41) is 7.46. The Morgan fingerprint density at radius 1 is 1.28 bits per heavy atom. The van der Waals surface area contributed by atoms with Crippen molar-refractivity contribution in [1.29, 1.82) is 5.41 Å². The lowest BCUT2D eigenvalue weighted by atomic mass is 10.1. The molecular formula is C12H14F3N3. The lowest BCUT2D eigenvalue weighted by Crippen LogP contribution is -2.16. The molecule has 0 aliphatic carbocycles. The first kappa shape index (κ1) is 14.2. The van der Waals surface area contributed by atoms with Crippen molar-refractivity contribution in [2.45, 2.75) is 25.9 Å². The molecule has 0 aliphatic heterocycles. The summed E-state index contributed by atoms with van der Waals surface area (Å²) in [5.74, 6) is 0.178. The highest BCUT2D eigenvalue weighted by Crippen LogP contribution is 2.28. The number of nitrogens with two attached hydrogens (primary N) is 1. The second-order valence-corrected chi connectivity index (χ2v) is 3.77. The molecule has 1 rings (SSSR count). The second-order valence-electron chi connectivity index (χ2n) is 3.77. The lowest BCUT2D eigenvalue weighted by molar-refractivity contribution is -0.137. The molecule has 0 unspecified atom stereocenters. The topological polar surface area (TPSA) is 62.2 Å². The summed E-state index contributed by atoms with van der Waals surface area (Å²) < 4.78 is 37.0. The van der Waals surface area contributed by atoms with Crippen LogP contribution in [0, 0.1) is 5.41 Å². The van der Waals surface area contributed by atoms with Gasteiger partial charge in [-0.15, -0.1) is 0 Å². The highest BCUT2D eigenvalue weighted by atomic mass is 19.4. The van der Waals surface area contributed by atoms with Gasteiger partial charge in [0.1, 0.15) is 11.7 Å². The normalized spacial score (nSPS) is 12.6. The number of nitrogens with zero attached hydrogens (tertiary/aromatic N) is 1. The standard InChI is InChI=1S/C12H14F3N3/c1-2-3-10(16)18-11(17)8-4-6-9(7-5-8)12(13,14)15/h4-7H,2-3H2,1H3,(H3,16,17,18). The molecule has 0 saturated carbocycles. The Balaban J connectivity index is 2.89. The number of alkyl halides is 3. The van der Waals surface area contributed by atoms with Crippen LogP contribution in [0.3, 0.4) is 0 Å². The minimum atomic E-state index is -4.36. The Bertz CT molecular complexity index is 447. The predicted molar refractivity (Wildman–Crippen MR) is 64.8 cm³/mol. The fourth-order valence-electron chi connectivity index (χ4n) is 1.33. The third-order valence-electron chi connectivity index (χ3n) is 2.25. The van der Waals surface area contributed by atoms with Gasteiger partial charge >= 0.3 is 6.18 Å². The summed E-state index contributed by atoms with van der Waals surface area (Å²) in [5.41, 5.74) is 5.26. The van der Waals surface area contributed by atoms with Gasteiger partial charge in [0, 0.05) is 12.0 Å². The van der Waals surface area contributed by atoms with E-state index in [1.165, 1.54) is 12.1 Å². The quantitative estimate of drug-likeness (QED) is 0.634. The molecule has 0 atom stereocenters. The summed E-state index contributed by atoms with van der Waals surface area (Å²) in [7, 11) is 0. The minimum Gasteiger partial charge on any atom is -0.383 e. The van der Waals surface area contributed by atoms with Gasteiger partial charge in [0.15, 0.2) is 0 Å². The van der Waals surface area contributed by atoms with Crippen molar-refractivity contribution in [3.8, 4) is 0 Å². The van der Waals surface area contributed by atoms with Crippen LogP contribution in [0.5, 0.6) is 0 Å². The Kier molecular flexibility index (Phi) is 4.47. The molecule has 0 aliphatic rings. The van der Waals surface area contributed by atoms with E-state index in [0.717, 1.165) is 18.6 Å². The van der Waals surface area contributed by atoms with E-state index in [1.54, 1.807) is 0 Å². The van der Waals surface area contributed by atoms with Gasteiger partial charge in [-0.2, -0.15) is 13.2 Å². The Morgan fingerprint density at radius 2 is 1.83 bits per heavy atom. The smallest absolute Gasteiger partial charge is 0.383 e. The fourth-order valence-corrected chi connectivity index (χ4v) is 1.33. The van der Waals surface area contributed by atoms with E-state index in [1.807, 2.05) is 6.92 Å². The average molecular weight is 257 g/mol. The van der Waals surface area contributed by atoms with Crippen LogP contribution in [0.1, 0.15) is 30.9 Å². The largest absolute Gasteiger partial charge is 0.416 e. The molecule has 0 fully saturated rings. The first-order chi connectivity index (χ1) is 8.34. The zero-order valence-electron chi connectivity index (χ0n) is 9.88. The molecular weight excluding hydrogens is 243 g/mol. The molecule has 1 aromatic rings. The lowest BCUT2D eigenvalue weighted by Gasteiger charge is -2.07. The van der Waals surface area contributed by atoms with Crippen LogP contribution in [0.4, 0.5) is 13.2 Å². The van der Waals surface area contributed by atoms with Gasteiger partial charge < -0.3 is 5.73 Å². The van der Waals surface area contributed by atoms with Gasteiger partial charge in [-0.3, -0.25) is 5.41 Å². The number of halogens is 3. The van der Waals surface area contributed by atoms with Crippen molar-refractivity contribution in [2.75, 3.05) is 0 Å². The highest BCUT2D eigenvalue weighted by Gasteiger charge is 2.29. The van der Waals surface area contributed by atoms with E-state index in [4.69, 9.17) is 11.1 Å². The molecule has 0 aromatic heterocycles. The summed E-state index contributed by atoms with van der Waals surface area (Å²) in [6.07, 6.45) is -3.11. The van der Waals surface area contributed by atoms with Crippen LogP contribution < -0.4 is 5.73 Å². The monoisotopic (exact) mass is 257 g/mol. The van der Waals surface area contributed by atoms with Gasteiger partial charge in [0.05, 0.1) is 5.56 Å². The van der Waals surface area contributed by atoms with Crippen molar-refractivity contribution in [2.24, 2.45) is 10.7 Å². The molecule has 0 spiro atoms. The number of nitrogens with one attached hydrogen (secondary N) is 1. The first-order valence-corrected chi connectivity index (χ1v) is 5.43. The number of rotatable bonds is 3. The number of amidine groups is 2. The summed E-state index contributed by atoms with van der Waals surface area (Å²) >= 11 is 0. The molecule has 3 N–H and O–H groups in total. The third-order valence-corrected chi connectivity index (χ3v) is 2.25. The average Bonchev–Trinajstić information content (AvgIpc) is 2.28. The zero-order chi connectivity index (χ0) is 13.8. The fraction of sp³-hybridized carbons (Fsp3) is 0.333. The van der Waals surface area contributed by atoms with Gasteiger partial charge in [-0.25, -0.2) is 4.99 Å². The van der Waals surface area contributed by atoms with E-state index in [0.29, 0.717) is 12.0 Å². The van der Waals surface area contributed by atoms with Crippen LogP contribution in [-0.4, -0.2) is 11.7 Å². The summed E-state index contributed by atoms with van der Waals surface area (Å²) in [4.78, 5) is 3.83. The molecule has 0 radical (unpaired) electrons. The van der Waals surface area contributed by atoms with Crippen molar-refractivity contribution in [3.63, 3.8) is 0 Å². The predicted octanol–water partition coefficient (Wildman–Crippen LogP) is 3.19. The number of hydrogen-bond acceptors (Lipinski definition) is 1. The van der Waals surface area contributed by atoms with Crippen LogP contribution in [-0.2, 0) is 6.18 Å². The Morgan fingerprint density at radius 3 is 2.28 bits per heavy atom. The Labute approximate surface area is 103 Å². The molecule has 98 valence electrons. The Hall–Kier alpha value is -1.85. The summed E-state index contributed by atoms with van der Waals surface area (Å²) in [6.45, 7) is 1.90. The number of benzene rings is 1. The molecule has 6 heteroatoms. The van der Waals surface area contributed by atoms with E-state index in [2.05, 4.69) is 4.99 Å². The molecule has 0 amide bonds. The maximum absolute atomic E-state index is 12.3. The zero-order valence-corrected chi connectivity index (χ0v) is 9.88. The van der Waals surface area contributed by atoms with Crippen LogP contribution >= 0.6 is 0 Å². The molecule has 3 nitrogen and oxygen atoms in total. The van der Waals surface area contributed by atoms with Crippen LogP contribution in [0.2, 0.25) is 0 Å². The SMILES string of the molecule is CCCC(=N)N=C(N)c1ccc(C(F)(F)F)cc1. The second kappa shape index (κ2) is 5.66. The van der Waals surface area contributed by atoms with Crippen molar-refractivity contribution in [1.82, 2.24) is 0 Å². The van der Waals surface area contributed by atoms with E-state index in [9.17, 15) is 13.2 Å². The van der Waals surface area contributed by atoms with Crippen LogP contribution in [0.15, 0.2) is 29.3 Å². The van der Waals surface area contributed by atoms with E-state index in [-0.39, 0.29) is 11.7 Å². The van der Waals surface area contributed by atoms with Gasteiger partial charge in [0.2, 0.25) is 0 Å². The van der Waals surface area contributed by atoms with Gasteiger partial charge in [-0.1, -0.05) is 19.1 Å². The summed E-state index contributed by atoms with van der Waals surface area (Å²) in [6, 6.07) is 4.39.